The van der Waals surface area contributed by atoms with Crippen LogP contribution in [0.5, 0.6) is 5.75 Å². The van der Waals surface area contributed by atoms with Crippen LogP contribution in [0.1, 0.15) is 11.1 Å². The van der Waals surface area contributed by atoms with Crippen LogP contribution >= 0.6 is 11.8 Å². The Bertz CT molecular complexity index is 937. The highest BCUT2D eigenvalue weighted by molar-refractivity contribution is 8.18. The average Bonchev–Trinajstić information content (AvgIpc) is 2.88. The number of amides is 1. The van der Waals surface area contributed by atoms with Crippen LogP contribution in [0.4, 0.5) is 11.4 Å². The van der Waals surface area contributed by atoms with Gasteiger partial charge in [0.15, 0.2) is 5.17 Å². The smallest absolute Gasteiger partial charge is 0.269 e. The lowest BCUT2D eigenvalue weighted by atomic mass is 10.2. The summed E-state index contributed by atoms with van der Waals surface area (Å²) in [6.07, 6.45) is 1.66. The van der Waals surface area contributed by atoms with Crippen molar-refractivity contribution < 1.29 is 14.8 Å². The molecule has 3 rings (SSSR count). The number of nitrogens with one attached hydrogen (secondary N) is 1. The van der Waals surface area contributed by atoms with E-state index in [1.807, 2.05) is 0 Å². The number of thioether (sulfide) groups is 1. The van der Waals surface area contributed by atoms with Gasteiger partial charge in [-0.3, -0.25) is 14.9 Å². The first-order valence-electron chi connectivity index (χ1n) is 7.26. The highest BCUT2D eigenvalue weighted by atomic mass is 32.2. The number of aromatic hydroxyl groups is 1. The van der Waals surface area contributed by atoms with Gasteiger partial charge in [-0.2, -0.15) is 0 Å². The van der Waals surface area contributed by atoms with Gasteiger partial charge in [-0.05, 0) is 54.1 Å². The minimum absolute atomic E-state index is 0.00553. The molecule has 126 valence electrons. The summed E-state index contributed by atoms with van der Waals surface area (Å²) in [5.41, 5.74) is 1.88. The van der Waals surface area contributed by atoms with Crippen molar-refractivity contribution in [3.05, 3.63) is 68.6 Å². The molecule has 0 bridgehead atoms. The minimum atomic E-state index is -0.466. The van der Waals surface area contributed by atoms with Crippen molar-refractivity contribution in [1.82, 2.24) is 5.32 Å². The summed E-state index contributed by atoms with van der Waals surface area (Å²) in [7, 11) is 0. The van der Waals surface area contributed by atoms with Gasteiger partial charge < -0.3 is 10.4 Å². The van der Waals surface area contributed by atoms with Crippen LogP contribution in [0, 0.1) is 17.0 Å². The molecule has 0 unspecified atom stereocenters. The highest BCUT2D eigenvalue weighted by Gasteiger charge is 2.24. The minimum Gasteiger partial charge on any atom is -0.508 e. The van der Waals surface area contributed by atoms with E-state index in [4.69, 9.17) is 0 Å². The van der Waals surface area contributed by atoms with Crippen molar-refractivity contribution in [3.63, 3.8) is 0 Å². The molecule has 1 aliphatic rings. The Morgan fingerprint density at radius 1 is 1.28 bits per heavy atom. The van der Waals surface area contributed by atoms with Crippen molar-refractivity contribution in [2.45, 2.75) is 6.92 Å². The number of non-ortho nitro benzene ring substituents is 1. The Balaban J connectivity index is 1.85. The summed E-state index contributed by atoms with van der Waals surface area (Å²) < 4.78 is 0. The Hall–Kier alpha value is -3.13. The molecule has 0 spiro atoms. The molecule has 2 aromatic carbocycles. The number of phenolic OH excluding ortho intramolecular Hbond substituents is 1. The molecule has 1 fully saturated rings. The molecule has 8 heteroatoms. The first-order chi connectivity index (χ1) is 11.9. The zero-order valence-electron chi connectivity index (χ0n) is 13.1. The second-order valence-electron chi connectivity index (χ2n) is 5.30. The lowest BCUT2D eigenvalue weighted by Crippen LogP contribution is -2.19. The van der Waals surface area contributed by atoms with Crippen molar-refractivity contribution >= 4 is 40.3 Å². The molecule has 0 aromatic heterocycles. The maximum atomic E-state index is 12.1. The number of benzene rings is 2. The normalized spacial score (nSPS) is 17.1. The van der Waals surface area contributed by atoms with Gasteiger partial charge in [-0.1, -0.05) is 12.1 Å². The number of aliphatic imine (C=N–C) groups is 1. The number of carbonyl (C=O) groups excluding carboxylic acids is 1. The Morgan fingerprint density at radius 2 is 2.08 bits per heavy atom. The average molecular weight is 355 g/mol. The fraction of sp³-hybridized carbons (Fsp3) is 0.0588. The molecular weight excluding hydrogens is 342 g/mol. The first kappa shape index (κ1) is 16.7. The molecule has 1 saturated heterocycles. The van der Waals surface area contributed by atoms with Gasteiger partial charge in [0.25, 0.3) is 11.6 Å². The molecule has 1 aliphatic heterocycles. The third-order valence-corrected chi connectivity index (χ3v) is 4.34. The van der Waals surface area contributed by atoms with E-state index in [9.17, 15) is 20.0 Å². The van der Waals surface area contributed by atoms with Gasteiger partial charge in [0.2, 0.25) is 0 Å². The number of hydrogen-bond donors (Lipinski definition) is 2. The topological polar surface area (TPSA) is 105 Å². The van der Waals surface area contributed by atoms with E-state index >= 15 is 0 Å². The van der Waals surface area contributed by atoms with Crippen LogP contribution in [-0.4, -0.2) is 21.1 Å². The molecule has 0 radical (unpaired) electrons. The third-order valence-electron chi connectivity index (χ3n) is 3.43. The number of rotatable bonds is 3. The summed E-state index contributed by atoms with van der Waals surface area (Å²) in [5, 5.41) is 23.3. The number of phenols is 1. The van der Waals surface area contributed by atoms with Gasteiger partial charge in [0.1, 0.15) is 5.75 Å². The molecular formula is C17H13N3O4S. The lowest BCUT2D eigenvalue weighted by Gasteiger charge is -2.01. The number of nitro groups is 1. The van der Waals surface area contributed by atoms with Crippen LogP contribution < -0.4 is 5.32 Å². The van der Waals surface area contributed by atoms with E-state index in [0.29, 0.717) is 26.9 Å². The van der Waals surface area contributed by atoms with E-state index in [0.717, 1.165) is 0 Å². The zero-order valence-corrected chi connectivity index (χ0v) is 13.9. The molecule has 1 heterocycles. The number of nitro benzene ring substituents is 1. The summed E-state index contributed by atoms with van der Waals surface area (Å²) in [6.45, 7) is 1.72. The lowest BCUT2D eigenvalue weighted by molar-refractivity contribution is -0.384. The van der Waals surface area contributed by atoms with Crippen molar-refractivity contribution in [1.29, 1.82) is 0 Å². The second-order valence-corrected chi connectivity index (χ2v) is 6.34. The molecule has 7 nitrogen and oxygen atoms in total. The van der Waals surface area contributed by atoms with E-state index in [1.165, 1.54) is 23.9 Å². The van der Waals surface area contributed by atoms with Gasteiger partial charge >= 0.3 is 0 Å². The standard InChI is InChI=1S/C17H13N3O4S/c1-10-7-12(20(23)24)5-6-14(10)18-17-19-16(22)15(25-17)9-11-3-2-4-13(21)8-11/h2-9,21H,1H3,(H,18,19,22)/b15-9+. The van der Waals surface area contributed by atoms with Crippen LogP contribution in [0.25, 0.3) is 6.08 Å². The van der Waals surface area contributed by atoms with Crippen LogP contribution in [0.2, 0.25) is 0 Å². The zero-order chi connectivity index (χ0) is 18.0. The fourth-order valence-corrected chi connectivity index (χ4v) is 3.07. The van der Waals surface area contributed by atoms with E-state index in [2.05, 4.69) is 10.3 Å². The quantitative estimate of drug-likeness (QED) is 0.498. The highest BCUT2D eigenvalue weighted by Crippen LogP contribution is 2.30. The van der Waals surface area contributed by atoms with E-state index in [-0.39, 0.29) is 17.3 Å². The first-order valence-corrected chi connectivity index (χ1v) is 8.08. The fourth-order valence-electron chi connectivity index (χ4n) is 2.23. The Labute approximate surface area is 147 Å². The van der Waals surface area contributed by atoms with E-state index < -0.39 is 4.92 Å². The summed E-state index contributed by atoms with van der Waals surface area (Å²) in [4.78, 5) is 27.2. The van der Waals surface area contributed by atoms with Crippen LogP contribution in [0.3, 0.4) is 0 Å². The van der Waals surface area contributed by atoms with E-state index in [1.54, 1.807) is 43.3 Å². The number of nitrogens with zero attached hydrogens (tertiary/aromatic N) is 2. The van der Waals surface area contributed by atoms with Crippen molar-refractivity contribution in [2.75, 3.05) is 0 Å². The third kappa shape index (κ3) is 3.86. The Morgan fingerprint density at radius 3 is 2.76 bits per heavy atom. The van der Waals surface area contributed by atoms with Crippen LogP contribution in [-0.2, 0) is 4.79 Å². The molecule has 0 atom stereocenters. The Kier molecular flexibility index (Phi) is 4.53. The monoisotopic (exact) mass is 355 g/mol. The van der Waals surface area contributed by atoms with Gasteiger partial charge in [-0.25, -0.2) is 4.99 Å². The number of aryl methyl sites for hydroxylation is 1. The molecule has 2 N–H and O–H groups in total. The largest absolute Gasteiger partial charge is 0.508 e. The van der Waals surface area contributed by atoms with Crippen LogP contribution in [0.15, 0.2) is 52.4 Å². The predicted molar refractivity (Wildman–Crippen MR) is 96.7 cm³/mol. The number of hydrogen-bond acceptors (Lipinski definition) is 6. The predicted octanol–water partition coefficient (Wildman–Crippen LogP) is 3.50. The van der Waals surface area contributed by atoms with Gasteiger partial charge in [-0.15, -0.1) is 0 Å². The van der Waals surface area contributed by atoms with Gasteiger partial charge in [0, 0.05) is 12.1 Å². The number of amidine groups is 1. The number of carbonyl (C=O) groups is 1. The molecule has 0 saturated carbocycles. The molecule has 1 amide bonds. The maximum absolute atomic E-state index is 12.1. The van der Waals surface area contributed by atoms with Crippen molar-refractivity contribution in [3.8, 4) is 5.75 Å². The summed E-state index contributed by atoms with van der Waals surface area (Å²) >= 11 is 1.17. The molecule has 25 heavy (non-hydrogen) atoms. The van der Waals surface area contributed by atoms with Crippen molar-refractivity contribution in [2.24, 2.45) is 4.99 Å². The molecule has 0 aliphatic carbocycles. The summed E-state index contributed by atoms with van der Waals surface area (Å²) in [5.74, 6) is -0.167. The maximum Gasteiger partial charge on any atom is 0.269 e. The second kappa shape index (κ2) is 6.78. The SMILES string of the molecule is Cc1cc([N+](=O)[O-])ccc1N=C1NC(=O)/C(=C\c2cccc(O)c2)S1. The molecule has 2 aromatic rings. The van der Waals surface area contributed by atoms with Gasteiger partial charge in [0.05, 0.1) is 15.5 Å². The summed E-state index contributed by atoms with van der Waals surface area (Å²) in [6, 6.07) is 10.9.